The van der Waals surface area contributed by atoms with Crippen LogP contribution in [0.2, 0.25) is 0 Å². The van der Waals surface area contributed by atoms with Crippen LogP contribution >= 0.6 is 35.7 Å². The van der Waals surface area contributed by atoms with Crippen LogP contribution in [0.4, 0.5) is 0 Å². The van der Waals surface area contributed by atoms with Crippen LogP contribution in [0.5, 0.6) is 0 Å². The van der Waals surface area contributed by atoms with E-state index in [0.29, 0.717) is 11.2 Å². The van der Waals surface area contributed by atoms with Crippen molar-refractivity contribution >= 4 is 47.3 Å². The van der Waals surface area contributed by atoms with Crippen LogP contribution in [0.1, 0.15) is 25.1 Å². The molecule has 2 aromatic heterocycles. The standard InChI is InChI=1S/C19H29N5S.HI/c1-14(2)17-13-24(10-11-25-17)19(20-4)21-8-7-16-12-23-9-5-6-15(3)18(23)22-16;/h5-6,9,12,14,17H,7-8,10-11,13H2,1-4H3,(H,20,21);1H. The molecule has 0 aromatic carbocycles. The summed E-state index contributed by atoms with van der Waals surface area (Å²) in [5.74, 6) is 2.90. The number of pyridine rings is 1. The van der Waals surface area contributed by atoms with Crippen molar-refractivity contribution in [1.82, 2.24) is 19.6 Å². The molecule has 1 aliphatic rings. The molecule has 0 radical (unpaired) electrons. The largest absolute Gasteiger partial charge is 0.356 e. The molecule has 144 valence electrons. The molecule has 3 rings (SSSR count). The Hall–Kier alpha value is -0.960. The molecule has 1 N–H and O–H groups in total. The van der Waals surface area contributed by atoms with E-state index in [4.69, 9.17) is 4.98 Å². The maximum atomic E-state index is 4.75. The van der Waals surface area contributed by atoms with Gasteiger partial charge in [0.25, 0.3) is 0 Å². The van der Waals surface area contributed by atoms with E-state index in [1.165, 1.54) is 11.3 Å². The normalized spacial score (nSPS) is 18.3. The Morgan fingerprint density at radius 1 is 1.46 bits per heavy atom. The maximum absolute atomic E-state index is 4.75. The molecule has 1 saturated heterocycles. The lowest BCUT2D eigenvalue weighted by Gasteiger charge is -2.36. The number of thioether (sulfide) groups is 1. The first-order chi connectivity index (χ1) is 12.1. The van der Waals surface area contributed by atoms with E-state index < -0.39 is 0 Å². The topological polar surface area (TPSA) is 44.9 Å². The van der Waals surface area contributed by atoms with Crippen LogP contribution in [-0.2, 0) is 6.42 Å². The van der Waals surface area contributed by atoms with Crippen molar-refractivity contribution in [3.8, 4) is 0 Å². The zero-order chi connectivity index (χ0) is 17.8. The monoisotopic (exact) mass is 487 g/mol. The minimum Gasteiger partial charge on any atom is -0.356 e. The molecule has 7 heteroatoms. The van der Waals surface area contributed by atoms with Crippen LogP contribution in [0.15, 0.2) is 29.5 Å². The van der Waals surface area contributed by atoms with Crippen LogP contribution in [0.3, 0.4) is 0 Å². The van der Waals surface area contributed by atoms with Crippen molar-refractivity contribution in [3.63, 3.8) is 0 Å². The highest BCUT2D eigenvalue weighted by molar-refractivity contribution is 14.0. The molecular formula is C19H30IN5S. The van der Waals surface area contributed by atoms with Gasteiger partial charge in [-0.25, -0.2) is 4.98 Å². The Balaban J connectivity index is 0.00000243. The zero-order valence-corrected chi connectivity index (χ0v) is 19.3. The fourth-order valence-corrected chi connectivity index (χ4v) is 4.53. The highest BCUT2D eigenvalue weighted by atomic mass is 127. The summed E-state index contributed by atoms with van der Waals surface area (Å²) in [5.41, 5.74) is 3.38. The van der Waals surface area contributed by atoms with Gasteiger partial charge in [0.1, 0.15) is 5.65 Å². The zero-order valence-electron chi connectivity index (χ0n) is 16.1. The highest BCUT2D eigenvalue weighted by Gasteiger charge is 2.24. The molecule has 0 saturated carbocycles. The molecule has 0 bridgehead atoms. The Kier molecular flexibility index (Phi) is 8.06. The highest BCUT2D eigenvalue weighted by Crippen LogP contribution is 2.24. The number of nitrogens with zero attached hydrogens (tertiary/aromatic N) is 4. The first-order valence-electron chi connectivity index (χ1n) is 9.09. The summed E-state index contributed by atoms with van der Waals surface area (Å²) in [6, 6.07) is 4.17. The number of hydrogen-bond acceptors (Lipinski definition) is 3. The minimum atomic E-state index is 0. The van der Waals surface area contributed by atoms with Crippen molar-refractivity contribution < 1.29 is 0 Å². The van der Waals surface area contributed by atoms with Crippen LogP contribution in [0, 0.1) is 12.8 Å². The lowest BCUT2D eigenvalue weighted by atomic mass is 10.1. The number of nitrogens with one attached hydrogen (secondary N) is 1. The lowest BCUT2D eigenvalue weighted by molar-refractivity contribution is 0.381. The average molecular weight is 487 g/mol. The van der Waals surface area contributed by atoms with E-state index in [1.807, 2.05) is 7.05 Å². The second-order valence-electron chi connectivity index (χ2n) is 6.98. The first-order valence-corrected chi connectivity index (χ1v) is 10.1. The summed E-state index contributed by atoms with van der Waals surface area (Å²) >= 11 is 2.09. The third kappa shape index (κ3) is 5.06. The summed E-state index contributed by atoms with van der Waals surface area (Å²) in [4.78, 5) is 11.6. The molecule has 1 aliphatic heterocycles. The molecule has 1 fully saturated rings. The smallest absolute Gasteiger partial charge is 0.193 e. The molecular weight excluding hydrogens is 457 g/mol. The number of aryl methyl sites for hydroxylation is 1. The van der Waals surface area contributed by atoms with Gasteiger partial charge < -0.3 is 14.6 Å². The number of imidazole rings is 1. The molecule has 26 heavy (non-hydrogen) atoms. The van der Waals surface area contributed by atoms with E-state index in [2.05, 4.69) is 76.7 Å². The molecule has 0 spiro atoms. The Bertz CT molecular complexity index is 743. The quantitative estimate of drug-likeness (QED) is 0.408. The summed E-state index contributed by atoms with van der Waals surface area (Å²) in [6.07, 6.45) is 5.08. The fraction of sp³-hybridized carbons (Fsp3) is 0.579. The van der Waals surface area contributed by atoms with Gasteiger partial charge in [-0.3, -0.25) is 4.99 Å². The van der Waals surface area contributed by atoms with E-state index in [0.717, 1.165) is 43.4 Å². The van der Waals surface area contributed by atoms with E-state index >= 15 is 0 Å². The predicted octanol–water partition coefficient (Wildman–Crippen LogP) is 3.45. The van der Waals surface area contributed by atoms with Gasteiger partial charge in [-0.05, 0) is 24.5 Å². The number of rotatable bonds is 4. The number of aliphatic imine (C=N–C) groups is 1. The molecule has 3 heterocycles. The van der Waals surface area contributed by atoms with Crippen molar-refractivity contribution in [2.24, 2.45) is 10.9 Å². The van der Waals surface area contributed by atoms with Crippen LogP contribution in [0.25, 0.3) is 5.65 Å². The molecule has 5 nitrogen and oxygen atoms in total. The third-order valence-electron chi connectivity index (χ3n) is 4.74. The third-order valence-corrected chi connectivity index (χ3v) is 6.28. The van der Waals surface area contributed by atoms with Crippen LogP contribution in [-0.4, -0.2) is 57.9 Å². The molecule has 2 aromatic rings. The van der Waals surface area contributed by atoms with Gasteiger partial charge in [0.2, 0.25) is 0 Å². The minimum absolute atomic E-state index is 0. The number of halogens is 1. The van der Waals surface area contributed by atoms with Gasteiger partial charge in [-0.15, -0.1) is 24.0 Å². The number of hydrogen-bond donors (Lipinski definition) is 1. The van der Waals surface area contributed by atoms with Crippen molar-refractivity contribution in [3.05, 3.63) is 35.8 Å². The molecule has 0 amide bonds. The Morgan fingerprint density at radius 2 is 2.27 bits per heavy atom. The molecule has 1 atom stereocenters. The summed E-state index contributed by atoms with van der Waals surface area (Å²) in [6.45, 7) is 9.72. The average Bonchev–Trinajstić information content (AvgIpc) is 3.03. The van der Waals surface area contributed by atoms with E-state index in [1.54, 1.807) is 0 Å². The summed E-state index contributed by atoms with van der Waals surface area (Å²) in [5, 5.41) is 4.21. The summed E-state index contributed by atoms with van der Waals surface area (Å²) < 4.78 is 2.11. The van der Waals surface area contributed by atoms with Gasteiger partial charge in [0, 0.05) is 56.5 Å². The number of fused-ring (bicyclic) bond motifs is 1. The van der Waals surface area contributed by atoms with Gasteiger partial charge in [0.05, 0.1) is 5.69 Å². The summed E-state index contributed by atoms with van der Waals surface area (Å²) in [7, 11) is 1.88. The number of aromatic nitrogens is 2. The van der Waals surface area contributed by atoms with Crippen molar-refractivity contribution in [2.45, 2.75) is 32.4 Å². The maximum Gasteiger partial charge on any atom is 0.193 e. The lowest BCUT2D eigenvalue weighted by Crippen LogP contribution is -2.49. The van der Waals surface area contributed by atoms with Gasteiger partial charge in [-0.2, -0.15) is 11.8 Å². The Labute approximate surface area is 178 Å². The second kappa shape index (κ2) is 9.82. The van der Waals surface area contributed by atoms with Gasteiger partial charge in [-0.1, -0.05) is 19.9 Å². The number of guanidine groups is 1. The van der Waals surface area contributed by atoms with Gasteiger partial charge in [0.15, 0.2) is 5.96 Å². The van der Waals surface area contributed by atoms with Crippen LogP contribution < -0.4 is 5.32 Å². The van der Waals surface area contributed by atoms with Crippen molar-refractivity contribution in [2.75, 3.05) is 32.4 Å². The molecule has 0 aliphatic carbocycles. The van der Waals surface area contributed by atoms with Crippen molar-refractivity contribution in [1.29, 1.82) is 0 Å². The Morgan fingerprint density at radius 3 is 2.96 bits per heavy atom. The van der Waals surface area contributed by atoms with E-state index in [9.17, 15) is 0 Å². The molecule has 1 unspecified atom stereocenters. The first kappa shape index (κ1) is 21.3. The van der Waals surface area contributed by atoms with Gasteiger partial charge >= 0.3 is 0 Å². The predicted molar refractivity (Wildman–Crippen MR) is 123 cm³/mol. The SMILES string of the molecule is CN=C(NCCc1cn2cccc(C)c2n1)N1CCSC(C(C)C)C1.I. The fourth-order valence-electron chi connectivity index (χ4n) is 3.23. The van der Waals surface area contributed by atoms with E-state index in [-0.39, 0.29) is 24.0 Å². The second-order valence-corrected chi connectivity index (χ2v) is 8.32.